The van der Waals surface area contributed by atoms with Crippen LogP contribution in [0.15, 0.2) is 5.16 Å². The lowest BCUT2D eigenvalue weighted by Crippen LogP contribution is -2.53. The van der Waals surface area contributed by atoms with Gasteiger partial charge in [0.1, 0.15) is 5.92 Å². The Morgan fingerprint density at radius 2 is 2.22 bits per heavy atom. The second-order valence-electron chi connectivity index (χ2n) is 4.03. The summed E-state index contributed by atoms with van der Waals surface area (Å²) < 4.78 is 43.3. The molecule has 0 amide bonds. The van der Waals surface area contributed by atoms with Crippen molar-refractivity contribution in [3.05, 3.63) is 0 Å². The van der Waals surface area contributed by atoms with E-state index < -0.39 is 30.5 Å². The molecular formula is C9H16F3N3O3. The second-order valence-corrected chi connectivity index (χ2v) is 4.03. The summed E-state index contributed by atoms with van der Waals surface area (Å²) in [6.07, 6.45) is -4.60. The van der Waals surface area contributed by atoms with Crippen molar-refractivity contribution in [2.24, 2.45) is 16.8 Å². The van der Waals surface area contributed by atoms with Crippen molar-refractivity contribution in [2.75, 3.05) is 32.9 Å². The van der Waals surface area contributed by atoms with Crippen molar-refractivity contribution in [3.63, 3.8) is 0 Å². The van der Waals surface area contributed by atoms with Crippen LogP contribution in [0.3, 0.4) is 0 Å². The van der Waals surface area contributed by atoms with Crippen molar-refractivity contribution in [3.8, 4) is 0 Å². The highest BCUT2D eigenvalue weighted by molar-refractivity contribution is 5.83. The molecule has 18 heavy (non-hydrogen) atoms. The molecule has 1 aliphatic heterocycles. The maximum atomic E-state index is 12.8. The first-order chi connectivity index (χ1) is 8.40. The molecular weight excluding hydrogens is 255 g/mol. The molecule has 1 aliphatic rings. The van der Waals surface area contributed by atoms with Gasteiger partial charge in [-0.2, -0.15) is 13.2 Å². The van der Waals surface area contributed by atoms with Crippen molar-refractivity contribution in [1.82, 2.24) is 4.90 Å². The first-order valence-electron chi connectivity index (χ1n) is 5.37. The number of hydrogen-bond donors (Lipinski definition) is 3. The van der Waals surface area contributed by atoms with Crippen LogP contribution in [-0.4, -0.2) is 66.2 Å². The summed E-state index contributed by atoms with van der Waals surface area (Å²) in [6, 6.07) is -0.505. The number of hydrogen-bond acceptors (Lipinski definition) is 5. The van der Waals surface area contributed by atoms with Crippen LogP contribution in [0.2, 0.25) is 0 Å². The zero-order valence-corrected chi connectivity index (χ0v) is 9.60. The van der Waals surface area contributed by atoms with Gasteiger partial charge in [0, 0.05) is 13.1 Å². The van der Waals surface area contributed by atoms with Crippen molar-refractivity contribution in [1.29, 1.82) is 0 Å². The van der Waals surface area contributed by atoms with E-state index in [1.54, 1.807) is 0 Å². The summed E-state index contributed by atoms with van der Waals surface area (Å²) in [6.45, 7) is -0.0558. The molecule has 0 bridgehead atoms. The molecule has 0 radical (unpaired) electrons. The molecule has 1 heterocycles. The number of nitrogens with zero attached hydrogens (tertiary/aromatic N) is 2. The smallest absolute Gasteiger partial charge is 0.400 e. The zero-order valence-electron chi connectivity index (χ0n) is 9.60. The lowest BCUT2D eigenvalue weighted by molar-refractivity contribution is -0.165. The van der Waals surface area contributed by atoms with Crippen molar-refractivity contribution >= 4 is 5.84 Å². The van der Waals surface area contributed by atoms with Gasteiger partial charge in [0.25, 0.3) is 0 Å². The number of aliphatic hydroxyl groups excluding tert-OH is 1. The molecule has 2 atom stereocenters. The largest absolute Gasteiger partial charge is 0.409 e. The molecule has 1 fully saturated rings. The Bertz CT molecular complexity index is 299. The molecule has 9 heteroatoms. The van der Waals surface area contributed by atoms with Crippen LogP contribution < -0.4 is 5.73 Å². The predicted octanol–water partition coefficient (Wildman–Crippen LogP) is -0.396. The van der Waals surface area contributed by atoms with Gasteiger partial charge in [-0.05, 0) is 0 Å². The van der Waals surface area contributed by atoms with Crippen LogP contribution in [0.5, 0.6) is 0 Å². The standard InChI is InChI=1S/C9H16F3N3O3/c10-9(11,12)7(8(13)14-17)3-15-1-2-18-5-6(15)4-16/h6-7,16-17H,1-5H2,(H2,13,14). The molecule has 0 aromatic carbocycles. The molecule has 0 aromatic rings. The third-order valence-corrected chi connectivity index (χ3v) is 2.84. The third-order valence-electron chi connectivity index (χ3n) is 2.84. The Labute approximate surface area is 102 Å². The maximum Gasteiger partial charge on any atom is 0.400 e. The Hall–Kier alpha value is -1.06. The summed E-state index contributed by atoms with van der Waals surface area (Å²) in [4.78, 5) is 1.43. The van der Waals surface area contributed by atoms with Crippen LogP contribution in [0.1, 0.15) is 0 Å². The minimum absolute atomic E-state index is 0.164. The van der Waals surface area contributed by atoms with Gasteiger partial charge < -0.3 is 20.8 Å². The molecule has 106 valence electrons. The Morgan fingerprint density at radius 1 is 1.56 bits per heavy atom. The second kappa shape index (κ2) is 6.21. The average Bonchev–Trinajstić information content (AvgIpc) is 2.34. The number of amidine groups is 1. The van der Waals surface area contributed by atoms with Gasteiger partial charge in [-0.3, -0.25) is 4.90 Å². The highest BCUT2D eigenvalue weighted by atomic mass is 19.4. The predicted molar refractivity (Wildman–Crippen MR) is 56.2 cm³/mol. The lowest BCUT2D eigenvalue weighted by atomic mass is 10.1. The molecule has 0 aliphatic carbocycles. The fourth-order valence-electron chi connectivity index (χ4n) is 1.77. The molecule has 4 N–H and O–H groups in total. The fraction of sp³-hybridized carbons (Fsp3) is 0.889. The van der Waals surface area contributed by atoms with Crippen LogP contribution in [0.25, 0.3) is 0 Å². The minimum Gasteiger partial charge on any atom is -0.409 e. The Morgan fingerprint density at radius 3 is 2.72 bits per heavy atom. The number of morpholine rings is 1. The van der Waals surface area contributed by atoms with Crippen molar-refractivity contribution in [2.45, 2.75) is 12.2 Å². The van der Waals surface area contributed by atoms with E-state index in [9.17, 15) is 13.2 Å². The van der Waals surface area contributed by atoms with Crippen LogP contribution in [0.4, 0.5) is 13.2 Å². The molecule has 1 saturated heterocycles. The van der Waals surface area contributed by atoms with Gasteiger partial charge in [0.05, 0.1) is 25.9 Å². The third kappa shape index (κ3) is 3.72. The van der Waals surface area contributed by atoms with Crippen LogP contribution >= 0.6 is 0 Å². The van der Waals surface area contributed by atoms with E-state index in [1.165, 1.54) is 4.90 Å². The number of halogens is 3. The minimum atomic E-state index is -4.60. The summed E-state index contributed by atoms with van der Waals surface area (Å²) in [5.74, 6) is -2.94. The van der Waals surface area contributed by atoms with E-state index in [0.29, 0.717) is 0 Å². The normalized spacial score (nSPS) is 25.1. The number of rotatable bonds is 4. The zero-order chi connectivity index (χ0) is 13.8. The lowest BCUT2D eigenvalue weighted by Gasteiger charge is -2.36. The summed E-state index contributed by atoms with van der Waals surface area (Å²) in [7, 11) is 0. The van der Waals surface area contributed by atoms with E-state index >= 15 is 0 Å². The Balaban J connectivity index is 2.76. The summed E-state index contributed by atoms with van der Waals surface area (Å²) in [5, 5.41) is 19.9. The van der Waals surface area contributed by atoms with E-state index in [0.717, 1.165) is 0 Å². The van der Waals surface area contributed by atoms with Gasteiger partial charge in [-0.25, -0.2) is 0 Å². The van der Waals surface area contributed by atoms with Crippen LogP contribution in [-0.2, 0) is 4.74 Å². The molecule has 0 spiro atoms. The average molecular weight is 271 g/mol. The number of ether oxygens (including phenoxy) is 1. The van der Waals surface area contributed by atoms with E-state index in [-0.39, 0.29) is 26.4 Å². The summed E-state index contributed by atoms with van der Waals surface area (Å²) >= 11 is 0. The molecule has 2 unspecified atom stereocenters. The molecule has 1 rings (SSSR count). The van der Waals surface area contributed by atoms with Gasteiger partial charge >= 0.3 is 6.18 Å². The van der Waals surface area contributed by atoms with E-state index in [1.807, 2.05) is 0 Å². The Kier molecular flexibility index (Phi) is 5.17. The van der Waals surface area contributed by atoms with Gasteiger partial charge in [-0.15, -0.1) is 0 Å². The highest BCUT2D eigenvalue weighted by Crippen LogP contribution is 2.28. The van der Waals surface area contributed by atoms with Crippen LogP contribution in [0, 0.1) is 5.92 Å². The number of oxime groups is 1. The molecule has 0 saturated carbocycles. The van der Waals surface area contributed by atoms with Gasteiger partial charge in [0.15, 0.2) is 5.84 Å². The topological polar surface area (TPSA) is 91.3 Å². The SMILES string of the molecule is NC(=NO)C(CN1CCOCC1CO)C(F)(F)F. The van der Waals surface area contributed by atoms with Crippen molar-refractivity contribution < 1.29 is 28.2 Å². The number of aliphatic hydroxyl groups is 1. The molecule has 6 nitrogen and oxygen atoms in total. The maximum absolute atomic E-state index is 12.8. The van der Waals surface area contributed by atoms with E-state index in [2.05, 4.69) is 5.16 Å². The van der Waals surface area contributed by atoms with Gasteiger partial charge in [0.2, 0.25) is 0 Å². The fourth-order valence-corrected chi connectivity index (χ4v) is 1.77. The number of nitrogens with two attached hydrogens (primary N) is 1. The monoisotopic (exact) mass is 271 g/mol. The molecule has 0 aromatic heterocycles. The van der Waals surface area contributed by atoms with E-state index in [4.69, 9.17) is 20.8 Å². The highest BCUT2D eigenvalue weighted by Gasteiger charge is 2.44. The van der Waals surface area contributed by atoms with Gasteiger partial charge in [-0.1, -0.05) is 5.16 Å². The first kappa shape index (κ1) is 15.0. The number of alkyl halides is 3. The quantitative estimate of drug-likeness (QED) is 0.280. The summed E-state index contributed by atoms with van der Waals surface area (Å²) in [5.41, 5.74) is 5.07. The first-order valence-corrected chi connectivity index (χ1v) is 5.37.